The van der Waals surface area contributed by atoms with Gasteiger partial charge in [-0.05, 0) is 66.2 Å². The fraction of sp³-hybridized carbons (Fsp3) is 0.100. The average molecular weight is 642 g/mol. The second-order valence-electron chi connectivity index (χ2n) is 8.80. The number of hydrazone groups is 1. The molecule has 43 heavy (non-hydrogen) atoms. The number of anilines is 2. The van der Waals surface area contributed by atoms with Gasteiger partial charge in [-0.25, -0.2) is 13.8 Å². The topological polar surface area (TPSA) is 126 Å². The molecular formula is C30H26Cl2N4O6S. The SMILES string of the molecule is COc1ccccc1NC(=O)COc1ccc(/C=N\NC(=O)CN(c2cccc(Cl)c2Cl)S(=O)(=O)c2ccccc2)cc1. The molecule has 0 bridgehead atoms. The van der Waals surface area contributed by atoms with E-state index >= 15 is 0 Å². The molecule has 0 saturated carbocycles. The number of amides is 2. The predicted molar refractivity (Wildman–Crippen MR) is 167 cm³/mol. The number of rotatable bonds is 12. The van der Waals surface area contributed by atoms with E-state index in [4.69, 9.17) is 32.7 Å². The van der Waals surface area contributed by atoms with Crippen molar-refractivity contribution in [2.24, 2.45) is 5.10 Å². The molecule has 0 aliphatic rings. The minimum absolute atomic E-state index is 0.0143. The Morgan fingerprint density at radius 3 is 2.30 bits per heavy atom. The number of halogens is 2. The average Bonchev–Trinajstić information content (AvgIpc) is 3.01. The van der Waals surface area contributed by atoms with Crippen molar-refractivity contribution in [3.05, 3.63) is 113 Å². The zero-order chi connectivity index (χ0) is 30.8. The largest absolute Gasteiger partial charge is 0.495 e. The van der Waals surface area contributed by atoms with Crippen LogP contribution in [-0.2, 0) is 19.6 Å². The van der Waals surface area contributed by atoms with Crippen LogP contribution in [0.2, 0.25) is 10.0 Å². The van der Waals surface area contributed by atoms with Gasteiger partial charge in [-0.15, -0.1) is 0 Å². The van der Waals surface area contributed by atoms with Crippen LogP contribution < -0.4 is 24.5 Å². The van der Waals surface area contributed by atoms with Gasteiger partial charge < -0.3 is 14.8 Å². The number of carbonyl (C=O) groups excluding carboxylic acids is 2. The third-order valence-electron chi connectivity index (χ3n) is 5.85. The van der Waals surface area contributed by atoms with E-state index in [1.165, 1.54) is 43.7 Å². The third kappa shape index (κ3) is 8.25. The van der Waals surface area contributed by atoms with Crippen molar-refractivity contribution < 1.29 is 27.5 Å². The second-order valence-corrected chi connectivity index (χ2v) is 11.4. The number of ether oxygens (including phenoxy) is 2. The number of carbonyl (C=O) groups is 2. The quantitative estimate of drug-likeness (QED) is 0.158. The van der Waals surface area contributed by atoms with Crippen molar-refractivity contribution in [3.63, 3.8) is 0 Å². The highest BCUT2D eigenvalue weighted by molar-refractivity contribution is 7.92. The van der Waals surface area contributed by atoms with Gasteiger partial charge >= 0.3 is 0 Å². The maximum Gasteiger partial charge on any atom is 0.264 e. The molecule has 2 N–H and O–H groups in total. The first-order valence-corrected chi connectivity index (χ1v) is 14.9. The zero-order valence-corrected chi connectivity index (χ0v) is 25.1. The van der Waals surface area contributed by atoms with Crippen LogP contribution in [0, 0.1) is 0 Å². The predicted octanol–water partition coefficient (Wildman–Crippen LogP) is 5.37. The number of hydrogen-bond acceptors (Lipinski definition) is 7. The van der Waals surface area contributed by atoms with Gasteiger partial charge in [0.25, 0.3) is 21.8 Å². The molecule has 4 aromatic carbocycles. The molecule has 0 atom stereocenters. The summed E-state index contributed by atoms with van der Waals surface area (Å²) in [6.45, 7) is -0.834. The zero-order valence-electron chi connectivity index (χ0n) is 22.7. The first-order valence-electron chi connectivity index (χ1n) is 12.7. The number of sulfonamides is 1. The molecule has 0 aliphatic heterocycles. The van der Waals surface area contributed by atoms with Gasteiger partial charge in [-0.2, -0.15) is 5.10 Å². The van der Waals surface area contributed by atoms with E-state index in [9.17, 15) is 18.0 Å². The van der Waals surface area contributed by atoms with Crippen LogP contribution in [0.4, 0.5) is 11.4 Å². The van der Waals surface area contributed by atoms with Crippen molar-refractivity contribution in [2.45, 2.75) is 4.90 Å². The van der Waals surface area contributed by atoms with Gasteiger partial charge in [-0.3, -0.25) is 13.9 Å². The molecular weight excluding hydrogens is 615 g/mol. The fourth-order valence-electron chi connectivity index (χ4n) is 3.78. The summed E-state index contributed by atoms with van der Waals surface area (Å²) < 4.78 is 38.5. The monoisotopic (exact) mass is 640 g/mol. The van der Waals surface area contributed by atoms with Crippen molar-refractivity contribution in [1.29, 1.82) is 0 Å². The van der Waals surface area contributed by atoms with Crippen LogP contribution in [-0.4, -0.2) is 46.7 Å². The first kappa shape index (κ1) is 31.4. The van der Waals surface area contributed by atoms with E-state index in [0.717, 1.165) is 4.31 Å². The second kappa shape index (κ2) is 14.5. The maximum absolute atomic E-state index is 13.4. The molecule has 0 radical (unpaired) electrons. The van der Waals surface area contributed by atoms with E-state index in [2.05, 4.69) is 15.8 Å². The third-order valence-corrected chi connectivity index (χ3v) is 8.44. The Morgan fingerprint density at radius 1 is 0.884 bits per heavy atom. The molecule has 0 heterocycles. The molecule has 0 aromatic heterocycles. The Kier molecular flexibility index (Phi) is 10.6. The Hall–Kier alpha value is -4.58. The Balaban J connectivity index is 1.36. The van der Waals surface area contributed by atoms with Gasteiger partial charge in [0.15, 0.2) is 6.61 Å². The standard InChI is InChI=1S/C30H26Cl2N4O6S/c1-41-27-13-6-5-11-25(27)34-29(38)20-42-22-16-14-21(15-17-22)18-33-35-28(37)19-36(26-12-7-10-24(31)30(26)32)43(39,40)23-8-3-2-4-9-23/h2-18H,19-20H2,1H3,(H,34,38)(H,35,37)/b33-18-. The molecule has 0 unspecified atom stereocenters. The molecule has 0 spiro atoms. The number of para-hydroxylation sites is 2. The summed E-state index contributed by atoms with van der Waals surface area (Å²) in [5.41, 5.74) is 3.52. The molecule has 0 fully saturated rings. The Labute approximate surface area is 258 Å². The summed E-state index contributed by atoms with van der Waals surface area (Å²) in [5.74, 6) is -0.102. The number of hydrogen-bond donors (Lipinski definition) is 2. The number of nitrogens with one attached hydrogen (secondary N) is 2. The minimum Gasteiger partial charge on any atom is -0.495 e. The van der Waals surface area contributed by atoms with Crippen LogP contribution >= 0.6 is 23.2 Å². The van der Waals surface area contributed by atoms with Crippen molar-refractivity contribution in [3.8, 4) is 11.5 Å². The van der Waals surface area contributed by atoms with Crippen molar-refractivity contribution in [1.82, 2.24) is 5.43 Å². The minimum atomic E-state index is -4.17. The van der Waals surface area contributed by atoms with Crippen LogP contribution in [0.25, 0.3) is 0 Å². The smallest absolute Gasteiger partial charge is 0.264 e. The van der Waals surface area contributed by atoms with Gasteiger partial charge in [0.2, 0.25) is 0 Å². The Bertz CT molecular complexity index is 1720. The van der Waals surface area contributed by atoms with E-state index in [-0.39, 0.29) is 33.1 Å². The summed E-state index contributed by atoms with van der Waals surface area (Å²) in [6.07, 6.45) is 1.37. The number of methoxy groups -OCH3 is 1. The van der Waals surface area contributed by atoms with Crippen LogP contribution in [0.3, 0.4) is 0 Å². The Morgan fingerprint density at radius 2 is 1.58 bits per heavy atom. The molecule has 4 rings (SSSR count). The van der Waals surface area contributed by atoms with E-state index in [1.54, 1.807) is 66.7 Å². The lowest BCUT2D eigenvalue weighted by Crippen LogP contribution is -2.39. The maximum atomic E-state index is 13.4. The fourth-order valence-corrected chi connectivity index (χ4v) is 5.68. The molecule has 0 saturated heterocycles. The number of nitrogens with zero attached hydrogens (tertiary/aromatic N) is 2. The summed E-state index contributed by atoms with van der Waals surface area (Å²) in [6, 6.07) is 25.8. The van der Waals surface area contributed by atoms with Crippen LogP contribution in [0.5, 0.6) is 11.5 Å². The molecule has 0 aliphatic carbocycles. The van der Waals surface area contributed by atoms with Gasteiger partial charge in [0.1, 0.15) is 18.0 Å². The lowest BCUT2D eigenvalue weighted by molar-refractivity contribution is -0.119. The summed E-state index contributed by atoms with van der Waals surface area (Å²) in [5, 5.41) is 6.77. The van der Waals surface area contributed by atoms with Gasteiger partial charge in [-0.1, -0.05) is 59.6 Å². The summed E-state index contributed by atoms with van der Waals surface area (Å²) in [4.78, 5) is 25.0. The molecule has 13 heteroatoms. The molecule has 4 aromatic rings. The number of benzene rings is 4. The molecule has 10 nitrogen and oxygen atoms in total. The van der Waals surface area contributed by atoms with E-state index < -0.39 is 22.5 Å². The first-order chi connectivity index (χ1) is 20.7. The van der Waals surface area contributed by atoms with Crippen molar-refractivity contribution in [2.75, 3.05) is 29.9 Å². The van der Waals surface area contributed by atoms with Gasteiger partial charge in [0.05, 0.1) is 39.6 Å². The van der Waals surface area contributed by atoms with Crippen LogP contribution in [0.15, 0.2) is 107 Å². The van der Waals surface area contributed by atoms with Gasteiger partial charge in [0, 0.05) is 0 Å². The molecule has 2 amide bonds. The highest BCUT2D eigenvalue weighted by atomic mass is 35.5. The highest BCUT2D eigenvalue weighted by Gasteiger charge is 2.29. The van der Waals surface area contributed by atoms with E-state index in [1.807, 2.05) is 0 Å². The lowest BCUT2D eigenvalue weighted by Gasteiger charge is -2.24. The van der Waals surface area contributed by atoms with Crippen LogP contribution in [0.1, 0.15) is 5.56 Å². The summed E-state index contributed by atoms with van der Waals surface area (Å²) >= 11 is 12.4. The summed E-state index contributed by atoms with van der Waals surface area (Å²) in [7, 11) is -2.66. The highest BCUT2D eigenvalue weighted by Crippen LogP contribution is 2.35. The van der Waals surface area contributed by atoms with Crippen molar-refractivity contribution >= 4 is 62.6 Å². The lowest BCUT2D eigenvalue weighted by atomic mass is 10.2. The molecule has 222 valence electrons. The van der Waals surface area contributed by atoms with E-state index in [0.29, 0.717) is 22.7 Å². The normalized spacial score (nSPS) is 11.1.